The minimum Gasteiger partial charge on any atom is -0.480 e. The van der Waals surface area contributed by atoms with E-state index in [0.29, 0.717) is 0 Å². The van der Waals surface area contributed by atoms with Gasteiger partial charge in [0.25, 0.3) is 0 Å². The fraction of sp³-hybridized carbons (Fsp3) is 0.467. The maximum absolute atomic E-state index is 12.8. The van der Waals surface area contributed by atoms with Crippen LogP contribution in [-0.4, -0.2) is 41.0 Å². The van der Waals surface area contributed by atoms with Gasteiger partial charge in [-0.15, -0.1) is 0 Å². The number of hydrogen-bond donors (Lipinski definition) is 2. The lowest BCUT2D eigenvalue weighted by Crippen LogP contribution is -2.52. The van der Waals surface area contributed by atoms with Crippen molar-refractivity contribution in [1.29, 1.82) is 0 Å². The molecule has 2 unspecified atom stereocenters. The number of likely N-dealkylation sites (N-methyl/N-ethyl adjacent to an activating group) is 1. The number of carboxylic acid groups (broad SMARTS) is 1. The summed E-state index contributed by atoms with van der Waals surface area (Å²) >= 11 is 0. The Morgan fingerprint density at radius 3 is 2.24 bits per heavy atom. The van der Waals surface area contributed by atoms with E-state index in [2.05, 4.69) is 0 Å². The van der Waals surface area contributed by atoms with Gasteiger partial charge in [0, 0.05) is 7.05 Å². The highest BCUT2D eigenvalue weighted by atomic mass is 19.1. The highest BCUT2D eigenvalue weighted by molar-refractivity contribution is 5.87. The van der Waals surface area contributed by atoms with Crippen molar-refractivity contribution in [2.75, 3.05) is 7.05 Å². The van der Waals surface area contributed by atoms with Crippen molar-refractivity contribution in [3.8, 4) is 0 Å². The Kier molecular flexibility index (Phi) is 5.84. The molecule has 0 saturated heterocycles. The smallest absolute Gasteiger partial charge is 0.326 e. The second kappa shape index (κ2) is 7.17. The van der Waals surface area contributed by atoms with Gasteiger partial charge >= 0.3 is 5.97 Å². The van der Waals surface area contributed by atoms with Crippen LogP contribution in [0, 0.1) is 11.7 Å². The predicted octanol–water partition coefficient (Wildman–Crippen LogP) is 1.26. The molecular formula is C15H21FN2O3. The molecular weight excluding hydrogens is 275 g/mol. The molecule has 0 saturated carbocycles. The number of aliphatic carboxylic acids is 1. The highest BCUT2D eigenvalue weighted by Gasteiger charge is 2.31. The molecule has 0 radical (unpaired) electrons. The van der Waals surface area contributed by atoms with Crippen molar-refractivity contribution >= 4 is 11.9 Å². The molecule has 21 heavy (non-hydrogen) atoms. The topological polar surface area (TPSA) is 83.6 Å². The number of carbonyl (C=O) groups is 2. The zero-order chi connectivity index (χ0) is 16.2. The summed E-state index contributed by atoms with van der Waals surface area (Å²) < 4.78 is 12.8. The maximum Gasteiger partial charge on any atom is 0.326 e. The lowest BCUT2D eigenvalue weighted by atomic mass is 10.0. The number of benzene rings is 1. The van der Waals surface area contributed by atoms with Crippen molar-refractivity contribution in [2.45, 2.75) is 32.4 Å². The largest absolute Gasteiger partial charge is 0.480 e. The zero-order valence-corrected chi connectivity index (χ0v) is 12.4. The predicted molar refractivity (Wildman–Crippen MR) is 77.1 cm³/mol. The Hall–Kier alpha value is -1.95. The van der Waals surface area contributed by atoms with Crippen molar-refractivity contribution in [2.24, 2.45) is 11.7 Å². The summed E-state index contributed by atoms with van der Waals surface area (Å²) in [6.45, 7) is 3.46. The molecule has 116 valence electrons. The molecule has 0 aliphatic carbocycles. The molecule has 0 fully saturated rings. The minimum atomic E-state index is -1.06. The van der Waals surface area contributed by atoms with Crippen molar-refractivity contribution < 1.29 is 19.1 Å². The standard InChI is InChI=1S/C15H21FN2O3/c1-9(2)13(15(20)21)18(3)14(19)12(17)8-10-4-6-11(16)7-5-10/h4-7,9,12-13H,8,17H2,1-3H3,(H,20,21). The first kappa shape index (κ1) is 17.1. The van der Waals surface area contributed by atoms with E-state index in [0.717, 1.165) is 5.56 Å². The SMILES string of the molecule is CC(C)C(C(=O)O)N(C)C(=O)C(N)Cc1ccc(F)cc1. The third-order valence-corrected chi connectivity index (χ3v) is 3.34. The molecule has 0 aliphatic heterocycles. The van der Waals surface area contributed by atoms with Gasteiger partial charge in [0.2, 0.25) is 5.91 Å². The van der Waals surface area contributed by atoms with Crippen LogP contribution in [0.3, 0.4) is 0 Å². The number of rotatable bonds is 6. The van der Waals surface area contributed by atoms with Gasteiger partial charge in [-0.2, -0.15) is 0 Å². The van der Waals surface area contributed by atoms with Crippen LogP contribution in [0.25, 0.3) is 0 Å². The zero-order valence-electron chi connectivity index (χ0n) is 12.4. The number of halogens is 1. The number of nitrogens with two attached hydrogens (primary N) is 1. The minimum absolute atomic E-state index is 0.227. The van der Waals surface area contributed by atoms with Gasteiger partial charge < -0.3 is 15.7 Å². The molecule has 2 atom stereocenters. The van der Waals surface area contributed by atoms with Gasteiger partial charge in [-0.25, -0.2) is 9.18 Å². The van der Waals surface area contributed by atoms with Crippen LogP contribution in [0.2, 0.25) is 0 Å². The number of carboxylic acids is 1. The Labute approximate surface area is 123 Å². The van der Waals surface area contributed by atoms with E-state index in [4.69, 9.17) is 5.73 Å². The van der Waals surface area contributed by atoms with Crippen LogP contribution in [-0.2, 0) is 16.0 Å². The molecule has 0 spiro atoms. The number of carbonyl (C=O) groups excluding carboxylic acids is 1. The first-order valence-corrected chi connectivity index (χ1v) is 6.73. The van der Waals surface area contributed by atoms with Crippen LogP contribution >= 0.6 is 0 Å². The summed E-state index contributed by atoms with van der Waals surface area (Å²) in [7, 11) is 1.44. The summed E-state index contributed by atoms with van der Waals surface area (Å²) in [5, 5.41) is 9.19. The quantitative estimate of drug-likeness (QED) is 0.828. The van der Waals surface area contributed by atoms with E-state index in [9.17, 15) is 19.1 Å². The van der Waals surface area contributed by atoms with E-state index in [1.54, 1.807) is 26.0 Å². The van der Waals surface area contributed by atoms with Gasteiger partial charge in [-0.1, -0.05) is 26.0 Å². The van der Waals surface area contributed by atoms with Crippen LogP contribution in [0.15, 0.2) is 24.3 Å². The third-order valence-electron chi connectivity index (χ3n) is 3.34. The van der Waals surface area contributed by atoms with Crippen LogP contribution in [0.1, 0.15) is 19.4 Å². The molecule has 1 rings (SSSR count). The van der Waals surface area contributed by atoms with Gasteiger partial charge in [0.1, 0.15) is 11.9 Å². The summed E-state index contributed by atoms with van der Waals surface area (Å²) in [5.41, 5.74) is 6.57. The molecule has 3 N–H and O–H groups in total. The third kappa shape index (κ3) is 4.53. The van der Waals surface area contributed by atoms with E-state index in [1.807, 2.05) is 0 Å². The number of amides is 1. The molecule has 6 heteroatoms. The molecule has 0 aromatic heterocycles. The summed E-state index contributed by atoms with van der Waals surface area (Å²) in [6, 6.07) is 3.92. The van der Waals surface area contributed by atoms with E-state index in [-0.39, 0.29) is 18.2 Å². The van der Waals surface area contributed by atoms with Gasteiger partial charge in [0.05, 0.1) is 6.04 Å². The first-order chi connectivity index (χ1) is 9.73. The second-order valence-corrected chi connectivity index (χ2v) is 5.41. The van der Waals surface area contributed by atoms with Crippen molar-refractivity contribution in [3.05, 3.63) is 35.6 Å². The van der Waals surface area contributed by atoms with Crippen LogP contribution in [0.5, 0.6) is 0 Å². The summed E-state index contributed by atoms with van der Waals surface area (Å²) in [5.74, 6) is -2.09. The summed E-state index contributed by atoms with van der Waals surface area (Å²) in [6.07, 6.45) is 0.230. The second-order valence-electron chi connectivity index (χ2n) is 5.41. The Morgan fingerprint density at radius 1 is 1.29 bits per heavy atom. The average molecular weight is 296 g/mol. The van der Waals surface area contributed by atoms with Crippen molar-refractivity contribution in [1.82, 2.24) is 4.90 Å². The summed E-state index contributed by atoms with van der Waals surface area (Å²) in [4.78, 5) is 24.6. The Bertz CT molecular complexity index is 502. The highest BCUT2D eigenvalue weighted by Crippen LogP contribution is 2.12. The fourth-order valence-corrected chi connectivity index (χ4v) is 2.26. The fourth-order valence-electron chi connectivity index (χ4n) is 2.26. The van der Waals surface area contributed by atoms with Crippen LogP contribution in [0.4, 0.5) is 4.39 Å². The lowest BCUT2D eigenvalue weighted by molar-refractivity contribution is -0.151. The van der Waals surface area contributed by atoms with E-state index in [1.165, 1.54) is 24.1 Å². The molecule has 0 heterocycles. The van der Waals surface area contributed by atoms with Gasteiger partial charge in [-0.3, -0.25) is 4.79 Å². The maximum atomic E-state index is 12.8. The number of hydrogen-bond acceptors (Lipinski definition) is 3. The van der Waals surface area contributed by atoms with E-state index < -0.39 is 24.0 Å². The molecule has 1 amide bonds. The number of nitrogens with zero attached hydrogens (tertiary/aromatic N) is 1. The Balaban J connectivity index is 2.77. The molecule has 5 nitrogen and oxygen atoms in total. The Morgan fingerprint density at radius 2 is 1.81 bits per heavy atom. The van der Waals surface area contributed by atoms with Crippen LogP contribution < -0.4 is 5.73 Å². The van der Waals surface area contributed by atoms with Crippen molar-refractivity contribution in [3.63, 3.8) is 0 Å². The molecule has 0 bridgehead atoms. The van der Waals surface area contributed by atoms with E-state index >= 15 is 0 Å². The monoisotopic (exact) mass is 296 g/mol. The average Bonchev–Trinajstić information content (AvgIpc) is 2.39. The van der Waals surface area contributed by atoms with Gasteiger partial charge in [-0.05, 0) is 30.0 Å². The first-order valence-electron chi connectivity index (χ1n) is 6.73. The molecule has 0 aliphatic rings. The normalized spacial score (nSPS) is 13.8. The van der Waals surface area contributed by atoms with Gasteiger partial charge in [0.15, 0.2) is 0 Å². The lowest BCUT2D eigenvalue weighted by Gasteiger charge is -2.29. The molecule has 1 aromatic carbocycles. The molecule has 1 aromatic rings.